The Kier molecular flexibility index (Phi) is 4.89. The molecule has 7 heteroatoms. The number of likely N-dealkylation sites (N-methyl/N-ethyl adjacent to an activating group) is 1. The van der Waals surface area contributed by atoms with Crippen molar-refractivity contribution < 1.29 is 19.2 Å². The van der Waals surface area contributed by atoms with Crippen LogP contribution in [-0.4, -0.2) is 69.8 Å². The highest BCUT2D eigenvalue weighted by atomic mass is 16.5. The largest absolute Gasteiger partial charge is 0.497 e. The fraction of sp³-hybridized carbons (Fsp3) is 0.529. The Morgan fingerprint density at radius 2 is 1.92 bits per heavy atom. The molecule has 2 saturated heterocycles. The molecule has 1 aromatic rings. The first-order valence-corrected chi connectivity index (χ1v) is 8.38. The van der Waals surface area contributed by atoms with Gasteiger partial charge in [0.25, 0.3) is 0 Å². The van der Waals surface area contributed by atoms with Gasteiger partial charge >= 0.3 is 6.03 Å². The maximum atomic E-state index is 12.4. The first kappa shape index (κ1) is 16.6. The Hall–Kier alpha value is -2.28. The van der Waals surface area contributed by atoms with Crippen LogP contribution in [0.25, 0.3) is 0 Å². The van der Waals surface area contributed by atoms with Gasteiger partial charge < -0.3 is 24.8 Å². The number of nitrogens with one attached hydrogen (secondary N) is 2. The molecule has 2 heterocycles. The SMILES string of the molecule is COc1ccc(N2C[C@@H](NC(=O)N3CC[NH+](C)CC3)CC2=O)cc1. The number of nitrogens with zero attached hydrogens (tertiary/aromatic N) is 2. The van der Waals surface area contributed by atoms with Gasteiger partial charge in [-0.15, -0.1) is 0 Å². The van der Waals surface area contributed by atoms with E-state index in [0.29, 0.717) is 13.0 Å². The maximum absolute atomic E-state index is 12.4. The zero-order valence-electron chi connectivity index (χ0n) is 14.2. The number of anilines is 1. The van der Waals surface area contributed by atoms with Gasteiger partial charge in [-0.05, 0) is 24.3 Å². The van der Waals surface area contributed by atoms with E-state index in [2.05, 4.69) is 12.4 Å². The molecule has 0 aromatic heterocycles. The summed E-state index contributed by atoms with van der Waals surface area (Å²) in [7, 11) is 3.75. The van der Waals surface area contributed by atoms with Crippen molar-refractivity contribution in [3.05, 3.63) is 24.3 Å². The van der Waals surface area contributed by atoms with Crippen LogP contribution in [0.2, 0.25) is 0 Å². The van der Waals surface area contributed by atoms with Crippen LogP contribution < -0.4 is 19.9 Å². The highest BCUT2D eigenvalue weighted by molar-refractivity contribution is 5.96. The van der Waals surface area contributed by atoms with Gasteiger partial charge in [-0.3, -0.25) is 4.79 Å². The average molecular weight is 333 g/mol. The fourth-order valence-corrected chi connectivity index (χ4v) is 3.17. The molecule has 3 amide bonds. The van der Waals surface area contributed by atoms with E-state index in [1.54, 1.807) is 12.0 Å². The summed E-state index contributed by atoms with van der Waals surface area (Å²) < 4.78 is 5.14. The number of amides is 3. The van der Waals surface area contributed by atoms with Gasteiger partial charge in [0.1, 0.15) is 5.75 Å². The predicted molar refractivity (Wildman–Crippen MR) is 90.5 cm³/mol. The van der Waals surface area contributed by atoms with E-state index in [1.165, 1.54) is 4.90 Å². The number of methoxy groups -OCH3 is 1. The van der Waals surface area contributed by atoms with Crippen molar-refractivity contribution in [3.8, 4) is 5.75 Å². The van der Waals surface area contributed by atoms with Crippen LogP contribution in [0, 0.1) is 0 Å². The second kappa shape index (κ2) is 7.09. The standard InChI is InChI=1S/C17H24N4O3/c1-19-7-9-20(10-8-19)17(23)18-13-11-16(22)21(12-13)14-3-5-15(24-2)6-4-14/h3-6,13H,7-12H2,1-2H3,(H,18,23)/p+1/t13-/m0/s1. The van der Waals surface area contributed by atoms with Crippen molar-refractivity contribution in [2.45, 2.75) is 12.5 Å². The van der Waals surface area contributed by atoms with Crippen molar-refractivity contribution in [2.24, 2.45) is 0 Å². The van der Waals surface area contributed by atoms with Crippen LogP contribution in [0.4, 0.5) is 10.5 Å². The molecule has 2 aliphatic heterocycles. The van der Waals surface area contributed by atoms with E-state index in [-0.39, 0.29) is 18.0 Å². The summed E-state index contributed by atoms with van der Waals surface area (Å²) in [5.41, 5.74) is 0.834. The summed E-state index contributed by atoms with van der Waals surface area (Å²) in [5.74, 6) is 0.792. The molecule has 3 rings (SSSR count). The molecule has 24 heavy (non-hydrogen) atoms. The van der Waals surface area contributed by atoms with Crippen LogP contribution in [0.15, 0.2) is 24.3 Å². The molecule has 0 aliphatic carbocycles. The van der Waals surface area contributed by atoms with Crippen molar-refractivity contribution in [3.63, 3.8) is 0 Å². The maximum Gasteiger partial charge on any atom is 0.318 e. The molecule has 0 unspecified atom stereocenters. The normalized spacial score (nSPS) is 21.9. The molecule has 7 nitrogen and oxygen atoms in total. The number of carbonyl (C=O) groups is 2. The average Bonchev–Trinajstić information content (AvgIpc) is 2.95. The van der Waals surface area contributed by atoms with Gasteiger partial charge in [0.2, 0.25) is 5.91 Å². The first-order valence-electron chi connectivity index (χ1n) is 8.38. The summed E-state index contributed by atoms with van der Waals surface area (Å²) in [5, 5.41) is 3.01. The lowest BCUT2D eigenvalue weighted by molar-refractivity contribution is -0.883. The summed E-state index contributed by atoms with van der Waals surface area (Å²) in [6.45, 7) is 3.97. The van der Waals surface area contributed by atoms with E-state index in [9.17, 15) is 9.59 Å². The van der Waals surface area contributed by atoms with Gasteiger partial charge in [-0.1, -0.05) is 0 Å². The summed E-state index contributed by atoms with van der Waals surface area (Å²) in [4.78, 5) is 29.6. The Balaban J connectivity index is 1.57. The number of quaternary nitrogens is 1. The van der Waals surface area contributed by atoms with Crippen molar-refractivity contribution in [1.82, 2.24) is 10.2 Å². The fourth-order valence-electron chi connectivity index (χ4n) is 3.17. The quantitative estimate of drug-likeness (QED) is 0.772. The Labute approximate surface area is 142 Å². The molecular weight excluding hydrogens is 308 g/mol. The van der Waals surface area contributed by atoms with Gasteiger partial charge in [0.15, 0.2) is 0 Å². The van der Waals surface area contributed by atoms with Crippen LogP contribution in [-0.2, 0) is 4.79 Å². The molecule has 0 radical (unpaired) electrons. The summed E-state index contributed by atoms with van der Waals surface area (Å²) in [6, 6.07) is 7.20. The molecule has 0 spiro atoms. The van der Waals surface area contributed by atoms with E-state index in [0.717, 1.165) is 37.6 Å². The third-order valence-electron chi connectivity index (χ3n) is 4.74. The van der Waals surface area contributed by atoms with Crippen molar-refractivity contribution in [1.29, 1.82) is 0 Å². The number of benzene rings is 1. The molecule has 2 aliphatic rings. The van der Waals surface area contributed by atoms with Gasteiger partial charge in [0, 0.05) is 18.7 Å². The number of hydrogen-bond donors (Lipinski definition) is 2. The van der Waals surface area contributed by atoms with Gasteiger partial charge in [-0.2, -0.15) is 0 Å². The van der Waals surface area contributed by atoms with Crippen molar-refractivity contribution in [2.75, 3.05) is 51.8 Å². The van der Waals surface area contributed by atoms with Crippen LogP contribution in [0.3, 0.4) is 0 Å². The lowest BCUT2D eigenvalue weighted by Crippen LogP contribution is -3.12. The van der Waals surface area contributed by atoms with Crippen molar-refractivity contribution >= 4 is 17.6 Å². The molecule has 0 bridgehead atoms. The second-order valence-electron chi connectivity index (χ2n) is 6.50. The molecule has 1 atom stereocenters. The lowest BCUT2D eigenvalue weighted by atomic mass is 10.2. The van der Waals surface area contributed by atoms with Gasteiger partial charge in [-0.25, -0.2) is 4.79 Å². The molecule has 0 saturated carbocycles. The van der Waals surface area contributed by atoms with E-state index < -0.39 is 0 Å². The highest BCUT2D eigenvalue weighted by Gasteiger charge is 2.33. The third kappa shape index (κ3) is 3.62. The number of hydrogen-bond acceptors (Lipinski definition) is 3. The Morgan fingerprint density at radius 3 is 2.54 bits per heavy atom. The van der Waals surface area contributed by atoms with Crippen LogP contribution in [0.5, 0.6) is 5.75 Å². The molecule has 2 fully saturated rings. The number of ether oxygens (including phenoxy) is 1. The predicted octanol–water partition coefficient (Wildman–Crippen LogP) is -0.660. The zero-order valence-corrected chi connectivity index (χ0v) is 14.2. The highest BCUT2D eigenvalue weighted by Crippen LogP contribution is 2.24. The summed E-state index contributed by atoms with van der Waals surface area (Å²) >= 11 is 0. The van der Waals surface area contributed by atoms with Crippen LogP contribution in [0.1, 0.15) is 6.42 Å². The number of rotatable bonds is 3. The molecule has 130 valence electrons. The van der Waals surface area contributed by atoms with Gasteiger partial charge in [0.05, 0.1) is 46.4 Å². The number of piperazine rings is 1. The molecular formula is C17H25N4O3+. The van der Waals surface area contributed by atoms with E-state index in [1.807, 2.05) is 29.2 Å². The minimum absolute atomic E-state index is 0.0355. The smallest absolute Gasteiger partial charge is 0.318 e. The third-order valence-corrected chi connectivity index (χ3v) is 4.74. The number of urea groups is 1. The topological polar surface area (TPSA) is 66.3 Å². The van der Waals surface area contributed by atoms with E-state index in [4.69, 9.17) is 4.74 Å². The Bertz CT molecular complexity index is 596. The first-order chi connectivity index (χ1) is 11.6. The summed E-state index contributed by atoms with van der Waals surface area (Å²) in [6.07, 6.45) is 0.344. The minimum atomic E-state index is -0.140. The number of carbonyl (C=O) groups excluding carboxylic acids is 2. The zero-order chi connectivity index (χ0) is 17.1. The van der Waals surface area contributed by atoms with Crippen LogP contribution >= 0.6 is 0 Å². The second-order valence-corrected chi connectivity index (χ2v) is 6.50. The lowest BCUT2D eigenvalue weighted by Gasteiger charge is -2.31. The molecule has 2 N–H and O–H groups in total. The van der Waals surface area contributed by atoms with E-state index >= 15 is 0 Å². The monoisotopic (exact) mass is 333 g/mol. The molecule has 1 aromatic carbocycles. The minimum Gasteiger partial charge on any atom is -0.497 e. The Morgan fingerprint density at radius 1 is 1.25 bits per heavy atom.